The number of hydrogen-bond donors (Lipinski definition) is 2. The highest BCUT2D eigenvalue weighted by Gasteiger charge is 2.10. The van der Waals surface area contributed by atoms with Crippen molar-refractivity contribution in [3.8, 4) is 5.75 Å². The standard InChI is InChI=1S/C13H10BrN3O2/c14-9-4-5-12(18)11(7-9)13(19)17-16-8-10-3-1-2-6-15-10/h1-8,18H,(H,17,19). The molecule has 2 N–H and O–H groups in total. The van der Waals surface area contributed by atoms with Gasteiger partial charge in [-0.25, -0.2) is 5.43 Å². The maximum Gasteiger partial charge on any atom is 0.275 e. The molecule has 0 bridgehead atoms. The minimum atomic E-state index is -0.494. The highest BCUT2D eigenvalue weighted by molar-refractivity contribution is 9.10. The molecule has 0 unspecified atom stereocenters. The van der Waals surface area contributed by atoms with Crippen molar-refractivity contribution in [1.82, 2.24) is 10.4 Å². The van der Waals surface area contributed by atoms with E-state index in [1.807, 2.05) is 6.07 Å². The number of phenolic OH excluding ortho intramolecular Hbond substituents is 1. The first kappa shape index (κ1) is 13.2. The maximum atomic E-state index is 11.8. The van der Waals surface area contributed by atoms with Crippen molar-refractivity contribution in [2.45, 2.75) is 0 Å². The average Bonchev–Trinajstić information content (AvgIpc) is 2.42. The molecule has 0 saturated heterocycles. The first-order valence-corrected chi connectivity index (χ1v) is 6.19. The number of halogens is 1. The van der Waals surface area contributed by atoms with Crippen molar-refractivity contribution in [3.63, 3.8) is 0 Å². The lowest BCUT2D eigenvalue weighted by Crippen LogP contribution is -2.17. The van der Waals surface area contributed by atoms with Gasteiger partial charge < -0.3 is 5.11 Å². The van der Waals surface area contributed by atoms with Gasteiger partial charge in [-0.1, -0.05) is 22.0 Å². The number of carbonyl (C=O) groups is 1. The summed E-state index contributed by atoms with van der Waals surface area (Å²) in [7, 11) is 0. The van der Waals surface area contributed by atoms with E-state index < -0.39 is 5.91 Å². The van der Waals surface area contributed by atoms with E-state index in [2.05, 4.69) is 31.4 Å². The third-order valence-electron chi connectivity index (χ3n) is 2.25. The van der Waals surface area contributed by atoms with E-state index in [1.165, 1.54) is 18.3 Å². The summed E-state index contributed by atoms with van der Waals surface area (Å²) in [6.45, 7) is 0. The largest absolute Gasteiger partial charge is 0.507 e. The molecule has 0 atom stereocenters. The Hall–Kier alpha value is -2.21. The third-order valence-corrected chi connectivity index (χ3v) is 2.75. The number of nitrogens with one attached hydrogen (secondary N) is 1. The van der Waals surface area contributed by atoms with Gasteiger partial charge in [0.15, 0.2) is 0 Å². The summed E-state index contributed by atoms with van der Waals surface area (Å²) in [6.07, 6.45) is 3.05. The SMILES string of the molecule is O=C(NN=Cc1ccccn1)c1cc(Br)ccc1O. The van der Waals surface area contributed by atoms with Crippen LogP contribution in [-0.2, 0) is 0 Å². The van der Waals surface area contributed by atoms with Crippen LogP contribution >= 0.6 is 15.9 Å². The Balaban J connectivity index is 2.06. The van der Waals surface area contributed by atoms with Crippen molar-refractivity contribution >= 4 is 28.1 Å². The monoisotopic (exact) mass is 319 g/mol. The van der Waals surface area contributed by atoms with Crippen LogP contribution in [0.25, 0.3) is 0 Å². The summed E-state index contributed by atoms with van der Waals surface area (Å²) >= 11 is 3.23. The average molecular weight is 320 g/mol. The normalized spacial score (nSPS) is 10.6. The number of amides is 1. The van der Waals surface area contributed by atoms with Crippen LogP contribution in [0.2, 0.25) is 0 Å². The molecule has 0 aliphatic carbocycles. The van der Waals surface area contributed by atoms with Gasteiger partial charge in [-0.15, -0.1) is 0 Å². The number of pyridine rings is 1. The van der Waals surface area contributed by atoms with Gasteiger partial charge in [0, 0.05) is 10.7 Å². The molecule has 0 fully saturated rings. The van der Waals surface area contributed by atoms with Crippen LogP contribution < -0.4 is 5.43 Å². The number of phenols is 1. The molecule has 2 aromatic rings. The number of nitrogens with zero attached hydrogens (tertiary/aromatic N) is 2. The predicted octanol–water partition coefficient (Wildman–Crippen LogP) is 2.31. The zero-order chi connectivity index (χ0) is 13.7. The fourth-order valence-corrected chi connectivity index (χ4v) is 1.72. The molecule has 96 valence electrons. The molecule has 2 rings (SSSR count). The molecular formula is C13H10BrN3O2. The predicted molar refractivity (Wildman–Crippen MR) is 75.1 cm³/mol. The minimum Gasteiger partial charge on any atom is -0.507 e. The fraction of sp³-hybridized carbons (Fsp3) is 0. The van der Waals surface area contributed by atoms with Gasteiger partial charge in [0.05, 0.1) is 17.5 Å². The Bertz CT molecular complexity index is 615. The van der Waals surface area contributed by atoms with E-state index in [9.17, 15) is 9.90 Å². The molecule has 0 spiro atoms. The van der Waals surface area contributed by atoms with Gasteiger partial charge in [-0.3, -0.25) is 9.78 Å². The number of aromatic nitrogens is 1. The Labute approximate surface area is 118 Å². The van der Waals surface area contributed by atoms with E-state index in [0.717, 1.165) is 0 Å². The molecule has 1 amide bonds. The summed E-state index contributed by atoms with van der Waals surface area (Å²) in [6, 6.07) is 9.95. The molecule has 1 aromatic carbocycles. The minimum absolute atomic E-state index is 0.103. The molecular weight excluding hydrogens is 310 g/mol. The quantitative estimate of drug-likeness (QED) is 0.673. The highest BCUT2D eigenvalue weighted by Crippen LogP contribution is 2.21. The third kappa shape index (κ3) is 3.62. The fourth-order valence-electron chi connectivity index (χ4n) is 1.36. The lowest BCUT2D eigenvalue weighted by atomic mass is 10.2. The maximum absolute atomic E-state index is 11.8. The smallest absolute Gasteiger partial charge is 0.275 e. The van der Waals surface area contributed by atoms with Gasteiger partial charge in [-0.2, -0.15) is 5.10 Å². The van der Waals surface area contributed by atoms with Gasteiger partial charge in [0.25, 0.3) is 5.91 Å². The topological polar surface area (TPSA) is 74.6 Å². The lowest BCUT2D eigenvalue weighted by molar-refractivity contribution is 0.0952. The number of rotatable bonds is 3. The first-order valence-electron chi connectivity index (χ1n) is 5.40. The van der Waals surface area contributed by atoms with Crippen molar-refractivity contribution < 1.29 is 9.90 Å². The summed E-state index contributed by atoms with van der Waals surface area (Å²) in [5, 5.41) is 13.4. The van der Waals surface area contributed by atoms with E-state index in [0.29, 0.717) is 10.2 Å². The zero-order valence-electron chi connectivity index (χ0n) is 9.75. The number of hydrazone groups is 1. The number of carbonyl (C=O) groups excluding carboxylic acids is 1. The van der Waals surface area contributed by atoms with Crippen molar-refractivity contribution in [3.05, 3.63) is 58.3 Å². The number of hydrogen-bond acceptors (Lipinski definition) is 4. The Morgan fingerprint density at radius 3 is 2.95 bits per heavy atom. The van der Waals surface area contributed by atoms with E-state index in [-0.39, 0.29) is 11.3 Å². The summed E-state index contributed by atoms with van der Waals surface area (Å²) in [5.74, 6) is -0.597. The Morgan fingerprint density at radius 2 is 2.21 bits per heavy atom. The molecule has 1 heterocycles. The second-order valence-corrected chi connectivity index (χ2v) is 4.53. The molecule has 1 aromatic heterocycles. The van der Waals surface area contributed by atoms with Crippen LogP contribution in [0.4, 0.5) is 0 Å². The molecule has 0 aliphatic rings. The van der Waals surface area contributed by atoms with Gasteiger partial charge in [0.2, 0.25) is 0 Å². The van der Waals surface area contributed by atoms with Crippen molar-refractivity contribution in [2.24, 2.45) is 5.10 Å². The Morgan fingerprint density at radius 1 is 1.37 bits per heavy atom. The second-order valence-electron chi connectivity index (χ2n) is 3.62. The Kier molecular flexibility index (Phi) is 4.25. The molecule has 0 aliphatic heterocycles. The van der Waals surface area contributed by atoms with E-state index >= 15 is 0 Å². The lowest BCUT2D eigenvalue weighted by Gasteiger charge is -2.03. The summed E-state index contributed by atoms with van der Waals surface area (Å²) < 4.78 is 0.698. The molecule has 0 saturated carbocycles. The van der Waals surface area contributed by atoms with Crippen LogP contribution in [0.3, 0.4) is 0 Å². The zero-order valence-corrected chi connectivity index (χ0v) is 11.3. The van der Waals surface area contributed by atoms with Crippen molar-refractivity contribution in [1.29, 1.82) is 0 Å². The molecule has 5 nitrogen and oxygen atoms in total. The van der Waals surface area contributed by atoms with Gasteiger partial charge in [-0.05, 0) is 30.3 Å². The van der Waals surface area contributed by atoms with Gasteiger partial charge >= 0.3 is 0 Å². The van der Waals surface area contributed by atoms with E-state index in [1.54, 1.807) is 24.4 Å². The van der Waals surface area contributed by atoms with Crippen LogP contribution in [0.1, 0.15) is 16.1 Å². The van der Waals surface area contributed by atoms with E-state index in [4.69, 9.17) is 0 Å². The van der Waals surface area contributed by atoms with Crippen LogP contribution in [0, 0.1) is 0 Å². The molecule has 19 heavy (non-hydrogen) atoms. The number of benzene rings is 1. The molecule has 6 heteroatoms. The summed E-state index contributed by atoms with van der Waals surface area (Å²) in [5.41, 5.74) is 3.10. The van der Waals surface area contributed by atoms with Crippen LogP contribution in [-0.4, -0.2) is 22.2 Å². The van der Waals surface area contributed by atoms with Crippen LogP contribution in [0.5, 0.6) is 5.75 Å². The molecule has 0 radical (unpaired) electrons. The first-order chi connectivity index (χ1) is 9.16. The van der Waals surface area contributed by atoms with Crippen molar-refractivity contribution in [2.75, 3.05) is 0 Å². The summed E-state index contributed by atoms with van der Waals surface area (Å²) in [4.78, 5) is 15.8. The number of aromatic hydroxyl groups is 1. The van der Waals surface area contributed by atoms with Gasteiger partial charge in [0.1, 0.15) is 5.75 Å². The highest BCUT2D eigenvalue weighted by atomic mass is 79.9. The second kappa shape index (κ2) is 6.10. The van der Waals surface area contributed by atoms with Crippen LogP contribution in [0.15, 0.2) is 52.2 Å².